The zero-order valence-electron chi connectivity index (χ0n) is 9.02. The molecule has 0 bridgehead atoms. The van der Waals surface area contributed by atoms with Crippen LogP contribution in [0.1, 0.15) is 12.6 Å². The van der Waals surface area contributed by atoms with Crippen LogP contribution in [-0.4, -0.2) is 4.98 Å². The maximum atomic E-state index is 13.6. The number of nitrogens with zero attached hydrogens (tertiary/aromatic N) is 1. The van der Waals surface area contributed by atoms with Crippen molar-refractivity contribution in [1.82, 2.24) is 4.98 Å². The zero-order valence-corrected chi connectivity index (χ0v) is 9.02. The molecule has 0 aliphatic rings. The molecular formula is C11H10F3N3. The number of benzene rings is 1. The summed E-state index contributed by atoms with van der Waals surface area (Å²) in [6.45, 7) is 1.79. The van der Waals surface area contributed by atoms with Crippen LogP contribution in [-0.2, 0) is 6.42 Å². The first-order valence-electron chi connectivity index (χ1n) is 5.02. The number of nitrogen functional groups attached to an aromatic ring is 1. The quantitative estimate of drug-likeness (QED) is 0.482. The van der Waals surface area contributed by atoms with Crippen molar-refractivity contribution >= 4 is 16.6 Å². The molecule has 1 aromatic carbocycles. The number of hydrogen-bond acceptors (Lipinski definition) is 3. The van der Waals surface area contributed by atoms with Gasteiger partial charge in [-0.25, -0.2) is 18.2 Å². The lowest BCUT2D eigenvalue weighted by Crippen LogP contribution is -2.10. The minimum Gasteiger partial charge on any atom is -0.323 e. The van der Waals surface area contributed by atoms with Gasteiger partial charge in [0.05, 0.1) is 11.1 Å². The molecule has 0 saturated carbocycles. The highest BCUT2D eigenvalue weighted by molar-refractivity contribution is 5.92. The van der Waals surface area contributed by atoms with Gasteiger partial charge in [-0.2, -0.15) is 0 Å². The van der Waals surface area contributed by atoms with Crippen molar-refractivity contribution in [2.45, 2.75) is 13.3 Å². The van der Waals surface area contributed by atoms with Crippen LogP contribution in [0.2, 0.25) is 0 Å². The molecule has 0 radical (unpaired) electrons. The number of nitrogens with one attached hydrogen (secondary N) is 1. The Labute approximate surface area is 95.4 Å². The van der Waals surface area contributed by atoms with Gasteiger partial charge in [0.15, 0.2) is 11.6 Å². The van der Waals surface area contributed by atoms with Gasteiger partial charge in [-0.05, 0) is 12.5 Å². The van der Waals surface area contributed by atoms with Crippen molar-refractivity contribution < 1.29 is 13.2 Å². The van der Waals surface area contributed by atoms with E-state index in [9.17, 15) is 13.2 Å². The molecule has 0 spiro atoms. The minimum atomic E-state index is -1.27. The van der Waals surface area contributed by atoms with E-state index < -0.39 is 17.5 Å². The van der Waals surface area contributed by atoms with Crippen LogP contribution in [0.5, 0.6) is 0 Å². The summed E-state index contributed by atoms with van der Waals surface area (Å²) in [5, 5.41) is -0.149. The molecule has 0 fully saturated rings. The molecule has 6 heteroatoms. The summed E-state index contributed by atoms with van der Waals surface area (Å²) in [7, 11) is 0. The monoisotopic (exact) mass is 241 g/mol. The SMILES string of the molecule is CCc1cc(NN)c2c(F)cc(F)c(F)c2n1. The summed E-state index contributed by atoms with van der Waals surface area (Å²) in [5.41, 5.74) is 2.59. The predicted octanol–water partition coefficient (Wildman–Crippen LogP) is 2.50. The fraction of sp³-hybridized carbons (Fsp3) is 0.182. The molecule has 17 heavy (non-hydrogen) atoms. The number of fused-ring (bicyclic) bond motifs is 1. The molecule has 0 amide bonds. The summed E-state index contributed by atoms with van der Waals surface area (Å²) < 4.78 is 40.2. The van der Waals surface area contributed by atoms with Crippen molar-refractivity contribution in [1.29, 1.82) is 0 Å². The van der Waals surface area contributed by atoms with Gasteiger partial charge in [0.2, 0.25) is 0 Å². The fourth-order valence-corrected chi connectivity index (χ4v) is 1.65. The Hall–Kier alpha value is -1.82. The van der Waals surface area contributed by atoms with E-state index in [2.05, 4.69) is 10.4 Å². The van der Waals surface area contributed by atoms with Crippen molar-refractivity contribution in [2.75, 3.05) is 5.43 Å². The summed E-state index contributed by atoms with van der Waals surface area (Å²) in [4.78, 5) is 3.87. The summed E-state index contributed by atoms with van der Waals surface area (Å²) in [6.07, 6.45) is 0.502. The number of rotatable bonds is 2. The number of nitrogens with two attached hydrogens (primary N) is 1. The maximum absolute atomic E-state index is 13.6. The third kappa shape index (κ3) is 1.80. The molecule has 1 aromatic heterocycles. The van der Waals surface area contributed by atoms with Crippen LogP contribution < -0.4 is 11.3 Å². The Morgan fingerprint density at radius 3 is 2.53 bits per heavy atom. The summed E-state index contributed by atoms with van der Waals surface area (Å²) >= 11 is 0. The van der Waals surface area contributed by atoms with E-state index in [0.29, 0.717) is 18.2 Å². The molecule has 1 heterocycles. The Morgan fingerprint density at radius 2 is 1.94 bits per heavy atom. The minimum absolute atomic E-state index is 0.149. The fourth-order valence-electron chi connectivity index (χ4n) is 1.65. The van der Waals surface area contributed by atoms with Gasteiger partial charge in [0, 0.05) is 11.8 Å². The predicted molar refractivity (Wildman–Crippen MR) is 58.8 cm³/mol. The number of aromatic nitrogens is 1. The molecule has 3 nitrogen and oxygen atoms in total. The lowest BCUT2D eigenvalue weighted by molar-refractivity contribution is 0.504. The molecule has 2 aromatic rings. The number of pyridine rings is 1. The molecule has 0 aliphatic carbocycles. The van der Waals surface area contributed by atoms with E-state index in [1.165, 1.54) is 6.07 Å². The van der Waals surface area contributed by atoms with Gasteiger partial charge in [-0.1, -0.05) is 6.92 Å². The van der Waals surface area contributed by atoms with Crippen LogP contribution in [0.3, 0.4) is 0 Å². The standard InChI is InChI=1S/C11H10F3N3/c1-2-5-3-8(17-15)9-6(12)4-7(13)10(14)11(9)16-5/h3-4H,2,15H2,1H3,(H,16,17). The number of halogens is 3. The molecular weight excluding hydrogens is 231 g/mol. The average molecular weight is 241 g/mol. The van der Waals surface area contributed by atoms with Crippen LogP contribution in [0, 0.1) is 17.5 Å². The van der Waals surface area contributed by atoms with E-state index in [-0.39, 0.29) is 16.6 Å². The first kappa shape index (κ1) is 11.7. The number of hydrogen-bond donors (Lipinski definition) is 2. The van der Waals surface area contributed by atoms with Gasteiger partial charge in [0.1, 0.15) is 11.3 Å². The highest BCUT2D eigenvalue weighted by Gasteiger charge is 2.17. The Kier molecular flexibility index (Phi) is 2.89. The average Bonchev–Trinajstić information content (AvgIpc) is 2.34. The van der Waals surface area contributed by atoms with Crippen LogP contribution in [0.25, 0.3) is 10.9 Å². The van der Waals surface area contributed by atoms with Crippen LogP contribution >= 0.6 is 0 Å². The third-order valence-corrected chi connectivity index (χ3v) is 2.50. The highest BCUT2D eigenvalue weighted by atomic mass is 19.2. The number of hydrazine groups is 1. The van der Waals surface area contributed by atoms with Crippen molar-refractivity contribution in [2.24, 2.45) is 5.84 Å². The zero-order chi connectivity index (χ0) is 12.6. The van der Waals surface area contributed by atoms with Crippen molar-refractivity contribution in [3.8, 4) is 0 Å². The van der Waals surface area contributed by atoms with E-state index in [1.54, 1.807) is 6.92 Å². The molecule has 0 atom stereocenters. The van der Waals surface area contributed by atoms with Crippen LogP contribution in [0.15, 0.2) is 12.1 Å². The van der Waals surface area contributed by atoms with E-state index >= 15 is 0 Å². The van der Waals surface area contributed by atoms with Crippen molar-refractivity contribution in [3.05, 3.63) is 35.3 Å². The molecule has 0 aliphatic heterocycles. The molecule has 3 N–H and O–H groups in total. The van der Waals surface area contributed by atoms with Crippen LogP contribution in [0.4, 0.5) is 18.9 Å². The molecule has 90 valence electrons. The first-order valence-corrected chi connectivity index (χ1v) is 5.02. The second-order valence-corrected chi connectivity index (χ2v) is 3.54. The summed E-state index contributed by atoms with van der Waals surface area (Å²) in [5.74, 6) is 1.90. The Morgan fingerprint density at radius 1 is 1.24 bits per heavy atom. The van der Waals surface area contributed by atoms with Gasteiger partial charge in [-0.3, -0.25) is 5.84 Å². The second-order valence-electron chi connectivity index (χ2n) is 3.54. The lowest BCUT2D eigenvalue weighted by Gasteiger charge is -2.09. The van der Waals surface area contributed by atoms with Crippen molar-refractivity contribution in [3.63, 3.8) is 0 Å². The molecule has 2 rings (SSSR count). The topological polar surface area (TPSA) is 50.9 Å². The van der Waals surface area contributed by atoms with Gasteiger partial charge in [-0.15, -0.1) is 0 Å². The Bertz CT molecular complexity index is 584. The molecule has 0 unspecified atom stereocenters. The van der Waals surface area contributed by atoms with E-state index in [0.717, 1.165) is 0 Å². The first-order chi connectivity index (χ1) is 8.08. The van der Waals surface area contributed by atoms with Gasteiger partial charge < -0.3 is 5.43 Å². The van der Waals surface area contributed by atoms with Gasteiger partial charge in [0.25, 0.3) is 0 Å². The highest BCUT2D eigenvalue weighted by Crippen LogP contribution is 2.29. The normalized spacial score (nSPS) is 10.9. The maximum Gasteiger partial charge on any atom is 0.185 e. The number of anilines is 1. The smallest absolute Gasteiger partial charge is 0.185 e. The van der Waals surface area contributed by atoms with E-state index in [1.807, 2.05) is 0 Å². The van der Waals surface area contributed by atoms with Gasteiger partial charge >= 0.3 is 0 Å². The molecule has 0 saturated heterocycles. The third-order valence-electron chi connectivity index (χ3n) is 2.50. The largest absolute Gasteiger partial charge is 0.323 e. The lowest BCUT2D eigenvalue weighted by atomic mass is 10.1. The summed E-state index contributed by atoms with van der Waals surface area (Å²) in [6, 6.07) is 1.98. The van der Waals surface area contributed by atoms with E-state index in [4.69, 9.17) is 5.84 Å². The number of aryl methyl sites for hydroxylation is 1. The second kappa shape index (κ2) is 4.21. The Balaban J connectivity index is 2.93.